The predicted molar refractivity (Wildman–Crippen MR) is 108 cm³/mol. The molecule has 0 bridgehead atoms. The fraction of sp³-hybridized carbons (Fsp3) is 0.421. The Kier molecular flexibility index (Phi) is 5.78. The van der Waals surface area contributed by atoms with Gasteiger partial charge in [-0.1, -0.05) is 6.07 Å². The standard InChI is InChI=1S/C19H21FN2O3S3/c20-14-5-6-17-15(11-14)16(7-10-26-17)21-19(23)13-3-1-8-22(12-13)28(24,25)18-4-2-9-27-18/h2,4-6,9,11,13,16H,1,3,7-8,10,12H2,(H,21,23). The lowest BCUT2D eigenvalue weighted by atomic mass is 9.97. The molecule has 1 amide bonds. The molecule has 0 spiro atoms. The molecule has 9 heteroatoms. The van der Waals surface area contributed by atoms with Gasteiger partial charge in [0.2, 0.25) is 5.91 Å². The molecule has 4 rings (SSSR count). The number of halogens is 1. The summed E-state index contributed by atoms with van der Waals surface area (Å²) in [6, 6.07) is 7.75. The molecule has 28 heavy (non-hydrogen) atoms. The van der Waals surface area contributed by atoms with Crippen molar-refractivity contribution in [1.82, 2.24) is 9.62 Å². The van der Waals surface area contributed by atoms with Crippen molar-refractivity contribution in [1.29, 1.82) is 0 Å². The number of benzene rings is 1. The Morgan fingerprint density at radius 2 is 2.11 bits per heavy atom. The van der Waals surface area contributed by atoms with Crippen LogP contribution in [0.15, 0.2) is 44.8 Å². The second-order valence-corrected chi connectivity index (χ2v) is 11.3. The zero-order valence-corrected chi connectivity index (χ0v) is 17.6. The summed E-state index contributed by atoms with van der Waals surface area (Å²) in [5.41, 5.74) is 0.809. The summed E-state index contributed by atoms with van der Waals surface area (Å²) in [7, 11) is -3.55. The number of hydrogen-bond donors (Lipinski definition) is 1. The van der Waals surface area contributed by atoms with Crippen molar-refractivity contribution in [2.45, 2.75) is 34.4 Å². The van der Waals surface area contributed by atoms with E-state index in [1.807, 2.05) is 0 Å². The number of amides is 1. The van der Waals surface area contributed by atoms with Gasteiger partial charge in [-0.05, 0) is 54.5 Å². The molecule has 1 saturated heterocycles. The maximum Gasteiger partial charge on any atom is 0.252 e. The number of hydrogen-bond acceptors (Lipinski definition) is 5. The number of rotatable bonds is 4. The topological polar surface area (TPSA) is 66.5 Å². The van der Waals surface area contributed by atoms with Crippen LogP contribution >= 0.6 is 23.1 Å². The first-order valence-corrected chi connectivity index (χ1v) is 12.5. The van der Waals surface area contributed by atoms with E-state index in [9.17, 15) is 17.6 Å². The third-order valence-corrected chi connectivity index (χ3v) is 9.53. The first-order chi connectivity index (χ1) is 13.4. The van der Waals surface area contributed by atoms with Crippen molar-refractivity contribution in [3.8, 4) is 0 Å². The van der Waals surface area contributed by atoms with Crippen LogP contribution in [-0.2, 0) is 14.8 Å². The van der Waals surface area contributed by atoms with E-state index in [4.69, 9.17) is 0 Å². The number of fused-ring (bicyclic) bond motifs is 1. The van der Waals surface area contributed by atoms with E-state index in [0.29, 0.717) is 23.6 Å². The summed E-state index contributed by atoms with van der Waals surface area (Å²) in [6.07, 6.45) is 2.03. The van der Waals surface area contributed by atoms with Crippen LogP contribution in [0, 0.1) is 11.7 Å². The highest BCUT2D eigenvalue weighted by Gasteiger charge is 2.35. The molecule has 0 radical (unpaired) electrons. The molecule has 0 aliphatic carbocycles. The number of piperidine rings is 1. The second kappa shape index (κ2) is 8.14. The first-order valence-electron chi connectivity index (χ1n) is 9.21. The van der Waals surface area contributed by atoms with Crippen LogP contribution in [0.5, 0.6) is 0 Å². The molecular formula is C19H21FN2O3S3. The van der Waals surface area contributed by atoms with Gasteiger partial charge < -0.3 is 5.32 Å². The van der Waals surface area contributed by atoms with Gasteiger partial charge in [-0.2, -0.15) is 4.31 Å². The fourth-order valence-electron chi connectivity index (χ4n) is 3.72. The highest BCUT2D eigenvalue weighted by atomic mass is 32.2. The van der Waals surface area contributed by atoms with Crippen LogP contribution in [0.2, 0.25) is 0 Å². The van der Waals surface area contributed by atoms with Crippen LogP contribution in [0.4, 0.5) is 4.39 Å². The molecular weight excluding hydrogens is 419 g/mol. The van der Waals surface area contributed by atoms with E-state index < -0.39 is 15.9 Å². The average Bonchev–Trinajstić information content (AvgIpc) is 3.24. The molecule has 3 heterocycles. The molecule has 150 valence electrons. The van der Waals surface area contributed by atoms with E-state index in [1.54, 1.807) is 35.3 Å². The van der Waals surface area contributed by atoms with E-state index in [0.717, 1.165) is 22.6 Å². The summed E-state index contributed by atoms with van der Waals surface area (Å²) in [5.74, 6) is -0.00714. The van der Waals surface area contributed by atoms with Crippen molar-refractivity contribution >= 4 is 39.0 Å². The number of sulfonamides is 1. The van der Waals surface area contributed by atoms with Crippen LogP contribution in [-0.4, -0.2) is 37.5 Å². The molecule has 1 aromatic heterocycles. The van der Waals surface area contributed by atoms with Gasteiger partial charge in [0.25, 0.3) is 10.0 Å². The van der Waals surface area contributed by atoms with Gasteiger partial charge in [-0.25, -0.2) is 12.8 Å². The Labute approximate surface area is 172 Å². The molecule has 0 saturated carbocycles. The van der Waals surface area contributed by atoms with E-state index in [-0.39, 0.29) is 24.3 Å². The van der Waals surface area contributed by atoms with Gasteiger partial charge in [0.05, 0.1) is 12.0 Å². The molecule has 2 atom stereocenters. The van der Waals surface area contributed by atoms with Gasteiger partial charge in [-0.3, -0.25) is 4.79 Å². The number of carbonyl (C=O) groups excluding carboxylic acids is 1. The van der Waals surface area contributed by atoms with E-state index in [2.05, 4.69) is 5.32 Å². The average molecular weight is 441 g/mol. The number of nitrogens with zero attached hydrogens (tertiary/aromatic N) is 1. The normalized spacial score (nSPS) is 23.2. The summed E-state index contributed by atoms with van der Waals surface area (Å²) < 4.78 is 40.9. The van der Waals surface area contributed by atoms with Crippen molar-refractivity contribution in [2.75, 3.05) is 18.8 Å². The lowest BCUT2D eigenvalue weighted by Gasteiger charge is -2.33. The van der Waals surface area contributed by atoms with Crippen LogP contribution in [0.25, 0.3) is 0 Å². The minimum absolute atomic E-state index is 0.154. The lowest BCUT2D eigenvalue weighted by molar-refractivity contribution is -0.126. The second-order valence-electron chi connectivity index (χ2n) is 7.01. The summed E-state index contributed by atoms with van der Waals surface area (Å²) in [4.78, 5) is 13.9. The number of thioether (sulfide) groups is 1. The Morgan fingerprint density at radius 3 is 2.89 bits per heavy atom. The molecule has 1 fully saturated rings. The van der Waals surface area contributed by atoms with Gasteiger partial charge in [-0.15, -0.1) is 23.1 Å². The zero-order chi connectivity index (χ0) is 19.7. The molecule has 2 aliphatic rings. The Hall–Kier alpha value is -1.42. The molecule has 2 unspecified atom stereocenters. The SMILES string of the molecule is O=C(NC1CCSc2ccc(F)cc21)C1CCCN(S(=O)(=O)c2cccs2)C1. The largest absolute Gasteiger partial charge is 0.349 e. The summed E-state index contributed by atoms with van der Waals surface area (Å²) in [5, 5.41) is 4.78. The van der Waals surface area contributed by atoms with Crippen molar-refractivity contribution < 1.29 is 17.6 Å². The molecule has 1 N–H and O–H groups in total. The smallest absolute Gasteiger partial charge is 0.252 e. The molecule has 2 aliphatic heterocycles. The first kappa shape index (κ1) is 19.9. The zero-order valence-electron chi connectivity index (χ0n) is 15.1. The summed E-state index contributed by atoms with van der Waals surface area (Å²) in [6.45, 7) is 0.613. The monoisotopic (exact) mass is 440 g/mol. The highest BCUT2D eigenvalue weighted by Crippen LogP contribution is 2.37. The third kappa shape index (κ3) is 3.98. The Morgan fingerprint density at radius 1 is 1.25 bits per heavy atom. The highest BCUT2D eigenvalue weighted by molar-refractivity contribution is 7.99. The van der Waals surface area contributed by atoms with Crippen LogP contribution < -0.4 is 5.32 Å². The minimum atomic E-state index is -3.55. The van der Waals surface area contributed by atoms with Crippen molar-refractivity contribution in [3.05, 3.63) is 47.1 Å². The quantitative estimate of drug-likeness (QED) is 0.788. The number of carbonyl (C=O) groups is 1. The number of thiophene rings is 1. The fourth-order valence-corrected chi connectivity index (χ4v) is 7.49. The van der Waals surface area contributed by atoms with E-state index in [1.165, 1.54) is 27.8 Å². The lowest BCUT2D eigenvalue weighted by Crippen LogP contribution is -2.46. The third-order valence-electron chi connectivity index (χ3n) is 5.17. The van der Waals surface area contributed by atoms with Gasteiger partial charge >= 0.3 is 0 Å². The van der Waals surface area contributed by atoms with Crippen molar-refractivity contribution in [2.24, 2.45) is 5.92 Å². The number of nitrogens with one attached hydrogen (secondary N) is 1. The van der Waals surface area contributed by atoms with Gasteiger partial charge in [0.15, 0.2) is 0 Å². The molecule has 2 aromatic rings. The van der Waals surface area contributed by atoms with Crippen molar-refractivity contribution in [3.63, 3.8) is 0 Å². The van der Waals surface area contributed by atoms with Crippen LogP contribution in [0.1, 0.15) is 30.9 Å². The Balaban J connectivity index is 1.47. The van der Waals surface area contributed by atoms with Crippen LogP contribution in [0.3, 0.4) is 0 Å². The van der Waals surface area contributed by atoms with E-state index >= 15 is 0 Å². The maximum atomic E-state index is 13.7. The predicted octanol–water partition coefficient (Wildman–Crippen LogP) is 3.64. The summed E-state index contributed by atoms with van der Waals surface area (Å²) >= 11 is 2.85. The molecule has 1 aromatic carbocycles. The van der Waals surface area contributed by atoms with Gasteiger partial charge in [0.1, 0.15) is 10.0 Å². The minimum Gasteiger partial charge on any atom is -0.349 e. The molecule has 5 nitrogen and oxygen atoms in total. The Bertz CT molecular complexity index is 963. The van der Waals surface area contributed by atoms with Gasteiger partial charge in [0, 0.05) is 23.7 Å². The maximum absolute atomic E-state index is 13.7.